The van der Waals surface area contributed by atoms with Crippen LogP contribution < -0.4 is 5.73 Å². The topological polar surface area (TPSA) is 158 Å². The summed E-state index contributed by atoms with van der Waals surface area (Å²) in [5.41, 5.74) is 5.32. The molecule has 4 unspecified atom stereocenters. The summed E-state index contributed by atoms with van der Waals surface area (Å²) in [6, 6.07) is 1.89. The van der Waals surface area contributed by atoms with Crippen molar-refractivity contribution in [3.63, 3.8) is 0 Å². The molecule has 0 spiro atoms. The quantitative estimate of drug-likeness (QED) is 0.408. The average molecular weight is 426 g/mol. The lowest BCUT2D eigenvalue weighted by Crippen LogP contribution is -2.53. The Hall–Kier alpha value is -3.46. The molecule has 0 saturated carbocycles. The van der Waals surface area contributed by atoms with Crippen molar-refractivity contribution < 1.29 is 34.5 Å². The van der Waals surface area contributed by atoms with Gasteiger partial charge in [-0.15, -0.1) is 0 Å². The Morgan fingerprint density at radius 3 is 2.42 bits per heavy atom. The highest BCUT2D eigenvalue weighted by Gasteiger charge is 2.54. The molecule has 9 nitrogen and oxygen atoms in total. The molecule has 31 heavy (non-hydrogen) atoms. The first-order valence-corrected chi connectivity index (χ1v) is 9.81. The second-order valence-corrected chi connectivity index (χ2v) is 8.45. The highest BCUT2D eigenvalue weighted by Crippen LogP contribution is 2.50. The van der Waals surface area contributed by atoms with Gasteiger partial charge in [-0.1, -0.05) is 0 Å². The molecule has 0 aliphatic heterocycles. The van der Waals surface area contributed by atoms with Crippen LogP contribution in [0.4, 0.5) is 0 Å². The molecule has 162 valence electrons. The van der Waals surface area contributed by atoms with Gasteiger partial charge in [-0.25, -0.2) is 0 Å². The zero-order valence-electron chi connectivity index (χ0n) is 17.0. The summed E-state index contributed by atoms with van der Waals surface area (Å²) < 4.78 is 0. The predicted octanol–water partition coefficient (Wildman–Crippen LogP) is 0.818. The van der Waals surface area contributed by atoms with E-state index in [4.69, 9.17) is 5.73 Å². The third kappa shape index (κ3) is 2.80. The van der Waals surface area contributed by atoms with Crippen molar-refractivity contribution in [3.8, 4) is 5.75 Å². The number of aldehydes is 1. The highest BCUT2D eigenvalue weighted by molar-refractivity contribution is 6.22. The van der Waals surface area contributed by atoms with Crippen LogP contribution in [0.5, 0.6) is 5.75 Å². The minimum Gasteiger partial charge on any atom is -0.511 e. The molecule has 0 aromatic heterocycles. The Bertz CT molecular complexity index is 1120. The van der Waals surface area contributed by atoms with Gasteiger partial charge in [-0.2, -0.15) is 0 Å². The number of nitrogens with zero attached hydrogens (tertiary/aromatic N) is 1. The number of amides is 1. The van der Waals surface area contributed by atoms with E-state index in [2.05, 4.69) is 0 Å². The van der Waals surface area contributed by atoms with Crippen molar-refractivity contribution in [2.45, 2.75) is 18.9 Å². The maximum Gasteiger partial charge on any atom is 0.255 e. The van der Waals surface area contributed by atoms with Crippen LogP contribution in [0.3, 0.4) is 0 Å². The van der Waals surface area contributed by atoms with Gasteiger partial charge in [0.05, 0.1) is 17.5 Å². The Morgan fingerprint density at radius 1 is 1.16 bits per heavy atom. The normalized spacial score (nSPS) is 27.7. The number of carbonyl (C=O) groups excluding carboxylic acids is 4. The number of hydrogen-bond acceptors (Lipinski definition) is 8. The van der Waals surface area contributed by atoms with Crippen molar-refractivity contribution in [1.29, 1.82) is 0 Å². The predicted molar refractivity (Wildman–Crippen MR) is 108 cm³/mol. The molecule has 3 aliphatic rings. The molecule has 4 rings (SSSR count). The Morgan fingerprint density at radius 2 is 1.84 bits per heavy atom. The molecule has 1 aromatic carbocycles. The summed E-state index contributed by atoms with van der Waals surface area (Å²) in [5, 5.41) is 32.0. The van der Waals surface area contributed by atoms with Crippen molar-refractivity contribution >= 4 is 23.8 Å². The van der Waals surface area contributed by atoms with Crippen LogP contribution in [0.2, 0.25) is 0 Å². The zero-order valence-corrected chi connectivity index (χ0v) is 17.0. The van der Waals surface area contributed by atoms with Crippen LogP contribution in [-0.4, -0.2) is 64.1 Å². The Balaban J connectivity index is 1.92. The van der Waals surface area contributed by atoms with E-state index in [1.165, 1.54) is 12.1 Å². The molecule has 0 bridgehead atoms. The summed E-state index contributed by atoms with van der Waals surface area (Å²) >= 11 is 0. The van der Waals surface area contributed by atoms with Gasteiger partial charge >= 0.3 is 0 Å². The molecule has 0 radical (unpaired) electrons. The number of nitrogens with two attached hydrogens (primary N) is 1. The molecule has 0 fully saturated rings. The van der Waals surface area contributed by atoms with E-state index in [1.807, 2.05) is 0 Å². The van der Waals surface area contributed by atoms with Crippen LogP contribution >= 0.6 is 0 Å². The molecule has 4 atom stereocenters. The van der Waals surface area contributed by atoms with Gasteiger partial charge in [0.1, 0.15) is 29.1 Å². The molecule has 9 heteroatoms. The van der Waals surface area contributed by atoms with E-state index in [-0.39, 0.29) is 35.3 Å². The van der Waals surface area contributed by atoms with Gasteiger partial charge in [0, 0.05) is 11.1 Å². The van der Waals surface area contributed by atoms with Gasteiger partial charge in [0.25, 0.3) is 5.91 Å². The minimum absolute atomic E-state index is 0.0110. The van der Waals surface area contributed by atoms with E-state index in [1.54, 1.807) is 19.0 Å². The van der Waals surface area contributed by atoms with Crippen molar-refractivity contribution in [2.24, 2.45) is 23.5 Å². The monoisotopic (exact) mass is 426 g/mol. The number of phenolic OH excluding ortho intramolecular Hbond substituents is 1. The summed E-state index contributed by atoms with van der Waals surface area (Å²) in [4.78, 5) is 51.3. The average Bonchev–Trinajstić information content (AvgIpc) is 2.67. The number of benzene rings is 1. The van der Waals surface area contributed by atoms with Gasteiger partial charge < -0.3 is 21.1 Å². The minimum atomic E-state index is -1.22. The van der Waals surface area contributed by atoms with Crippen LogP contribution in [0.1, 0.15) is 32.7 Å². The highest BCUT2D eigenvalue weighted by atomic mass is 16.3. The van der Waals surface area contributed by atoms with Gasteiger partial charge in [-0.05, 0) is 56.5 Å². The summed E-state index contributed by atoms with van der Waals surface area (Å²) in [6.45, 7) is 0. The lowest BCUT2D eigenvalue weighted by molar-refractivity contribution is -0.127. The smallest absolute Gasteiger partial charge is 0.255 e. The molecule has 0 heterocycles. The first-order chi connectivity index (χ1) is 14.6. The fraction of sp³-hybridized carbons (Fsp3) is 0.364. The second-order valence-electron chi connectivity index (χ2n) is 8.45. The second kappa shape index (κ2) is 7.05. The third-order valence-corrected chi connectivity index (χ3v) is 6.61. The van der Waals surface area contributed by atoms with E-state index < -0.39 is 58.4 Å². The largest absolute Gasteiger partial charge is 0.511 e. The number of aliphatic hydroxyl groups excluding tert-OH is 2. The van der Waals surface area contributed by atoms with Crippen molar-refractivity contribution in [1.82, 2.24) is 4.90 Å². The molecule has 1 amide bonds. The number of primary amides is 1. The number of aromatic hydroxyl groups is 1. The van der Waals surface area contributed by atoms with E-state index in [0.29, 0.717) is 11.8 Å². The number of hydrogen-bond donors (Lipinski definition) is 4. The molecular formula is C22H22N2O7. The number of fused-ring (bicyclic) bond motifs is 3. The number of Topliss-reactive ketones (excluding diaryl/α,β-unsaturated/α-hetero) is 2. The van der Waals surface area contributed by atoms with Crippen molar-refractivity contribution in [3.05, 3.63) is 51.5 Å². The maximum absolute atomic E-state index is 13.3. The number of rotatable bonds is 3. The first kappa shape index (κ1) is 20.8. The molecule has 3 aliphatic carbocycles. The van der Waals surface area contributed by atoms with Crippen molar-refractivity contribution in [2.75, 3.05) is 14.1 Å². The maximum atomic E-state index is 13.3. The fourth-order valence-corrected chi connectivity index (χ4v) is 5.40. The molecule has 1 aromatic rings. The standard InChI is InChI=1S/C22H22N2O7/c1-24(2)17-11-6-9-5-10-8(7-25)3-4-12(26)14(10)18(27)13(9)19(28)15(11)20(29)16(21(17)30)22(23)31/h3-4,7,9,11,15,17,26,28,30H,5-6H2,1-2H3,(H2,23,31). The van der Waals surface area contributed by atoms with E-state index >= 15 is 0 Å². The summed E-state index contributed by atoms with van der Waals surface area (Å²) in [5.74, 6) is -6.21. The lowest BCUT2D eigenvalue weighted by atomic mass is 9.60. The Kier molecular flexibility index (Phi) is 4.73. The first-order valence-electron chi connectivity index (χ1n) is 9.81. The summed E-state index contributed by atoms with van der Waals surface area (Å²) in [7, 11) is 3.32. The van der Waals surface area contributed by atoms with Crippen LogP contribution in [-0.2, 0) is 16.0 Å². The SMILES string of the molecule is CN(C)C1C(O)=C(C(N)=O)C(=O)C2C(O)=C3C(=O)c4c(O)ccc(C=O)c4CC3CC21. The third-order valence-electron chi connectivity index (χ3n) is 6.61. The van der Waals surface area contributed by atoms with Gasteiger partial charge in [0.2, 0.25) is 0 Å². The van der Waals surface area contributed by atoms with Crippen LogP contribution in [0.25, 0.3) is 0 Å². The molecular weight excluding hydrogens is 404 g/mol. The van der Waals surface area contributed by atoms with E-state index in [0.717, 1.165) is 0 Å². The van der Waals surface area contributed by atoms with Crippen LogP contribution in [0, 0.1) is 17.8 Å². The van der Waals surface area contributed by atoms with Gasteiger partial charge in [0.15, 0.2) is 11.6 Å². The number of ketones is 2. The molecule has 0 saturated heterocycles. The lowest BCUT2D eigenvalue weighted by Gasteiger charge is -2.46. The fourth-order valence-electron chi connectivity index (χ4n) is 5.40. The van der Waals surface area contributed by atoms with Gasteiger partial charge in [-0.3, -0.25) is 24.1 Å². The number of likely N-dealkylation sites (N-methyl/N-ethyl adjacent to an activating group) is 1. The zero-order chi connectivity index (χ0) is 22.8. The van der Waals surface area contributed by atoms with Crippen LogP contribution in [0.15, 0.2) is 34.8 Å². The number of allylic oxidation sites excluding steroid dienone is 2. The van der Waals surface area contributed by atoms with E-state index in [9.17, 15) is 34.5 Å². The molecule has 5 N–H and O–H groups in total. The Labute approximate surface area is 177 Å². The number of phenols is 1. The summed E-state index contributed by atoms with van der Waals surface area (Å²) in [6.07, 6.45) is 1.05. The number of aliphatic hydroxyl groups is 2. The number of carbonyl (C=O) groups is 4.